The Bertz CT molecular complexity index is 1870. The molecule has 6 atom stereocenters. The zero-order valence-corrected chi connectivity index (χ0v) is 27.2. The van der Waals surface area contributed by atoms with Crippen molar-refractivity contribution in [1.82, 2.24) is 10.3 Å². The summed E-state index contributed by atoms with van der Waals surface area (Å²) >= 11 is 0. The Morgan fingerprint density at radius 3 is 2.21 bits per heavy atom. The van der Waals surface area contributed by atoms with Gasteiger partial charge in [-0.3, -0.25) is 4.98 Å². The van der Waals surface area contributed by atoms with E-state index < -0.39 is 0 Å². The summed E-state index contributed by atoms with van der Waals surface area (Å²) in [6.07, 6.45) is 20.4. The number of rotatable bonds is 11. The maximum Gasteiger partial charge on any atom is 0.144 e. The van der Waals surface area contributed by atoms with E-state index in [0.717, 1.165) is 54.7 Å². The normalized spacial score (nSPS) is 21.9. The van der Waals surface area contributed by atoms with Gasteiger partial charge in [-0.25, -0.2) is 9.98 Å². The number of hydrogen-bond donors (Lipinski definition) is 1. The first-order valence-corrected chi connectivity index (χ1v) is 17.3. The number of pyridine rings is 1. The van der Waals surface area contributed by atoms with E-state index in [-0.39, 0.29) is 12.1 Å². The van der Waals surface area contributed by atoms with Crippen LogP contribution in [-0.2, 0) is 0 Å². The smallest absolute Gasteiger partial charge is 0.144 e. The van der Waals surface area contributed by atoms with E-state index in [1.54, 1.807) is 0 Å². The van der Waals surface area contributed by atoms with Gasteiger partial charge < -0.3 is 5.32 Å². The lowest BCUT2D eigenvalue weighted by Gasteiger charge is -2.33. The number of nitrogens with zero attached hydrogens (tertiary/aromatic N) is 3. The fraction of sp³-hybridized carbons (Fsp3) is 0.279. The molecule has 0 spiro atoms. The Morgan fingerprint density at radius 2 is 1.49 bits per heavy atom. The number of nitrogens with one attached hydrogen (secondary N) is 1. The first kappa shape index (κ1) is 30.8. The lowest BCUT2D eigenvalue weighted by atomic mass is 9.72. The Hall–Kier alpha value is -4.83. The van der Waals surface area contributed by atoms with Gasteiger partial charge in [-0.15, -0.1) is 0 Å². The number of allylic oxidation sites excluding steroid dienone is 4. The molecule has 0 amide bonds. The predicted octanol–water partition coefficient (Wildman–Crippen LogP) is 7.94. The average Bonchev–Trinajstić information content (AvgIpc) is 3.15. The highest BCUT2D eigenvalue weighted by molar-refractivity contribution is 6.12. The van der Waals surface area contributed by atoms with Crippen LogP contribution in [0.4, 0.5) is 0 Å². The second kappa shape index (κ2) is 14.7. The number of aliphatic imine (C=N–C) groups is 2. The first-order valence-electron chi connectivity index (χ1n) is 17.3. The minimum Gasteiger partial charge on any atom is -0.328 e. The van der Waals surface area contributed by atoms with Crippen LogP contribution in [0.15, 0.2) is 144 Å². The molecular formula is C43H44N4. The monoisotopic (exact) mass is 616 g/mol. The molecular weight excluding hydrogens is 573 g/mol. The van der Waals surface area contributed by atoms with Crippen LogP contribution in [-0.4, -0.2) is 22.8 Å². The average molecular weight is 617 g/mol. The number of hydrogen-bond acceptors (Lipinski definition) is 4. The van der Waals surface area contributed by atoms with Crippen molar-refractivity contribution in [3.63, 3.8) is 0 Å². The SMILES string of the molecule is CC(CC(c1ccccc1)C(CCC1N=C(c2ccccc2)NC(C2C=c3cccnc3=CC2)=N1)c1ccccc1)C1C=CC=CC1. The molecule has 3 aliphatic rings. The van der Waals surface area contributed by atoms with E-state index in [1.807, 2.05) is 12.3 Å². The standard InChI is InChI=1S/C43H44N4/c1-31(32-15-6-2-7-16-32)29-39(34-19-10-4-11-20-34)38(33-17-8-3-9-18-33)25-27-41-45-42(35-21-12-5-13-22-35)47-43(46-41)37-24-26-40-36(30-37)23-14-28-44-40/h2-15,17-23,26,28,30-32,37-39,41H,16,24-25,27,29H2,1H3,(H,45,46,47). The van der Waals surface area contributed by atoms with Crippen molar-refractivity contribution in [1.29, 1.82) is 0 Å². The van der Waals surface area contributed by atoms with Crippen molar-refractivity contribution in [2.45, 2.75) is 57.0 Å². The van der Waals surface area contributed by atoms with Crippen LogP contribution in [0.1, 0.15) is 67.6 Å². The third-order valence-corrected chi connectivity index (χ3v) is 10.1. The third-order valence-electron chi connectivity index (χ3n) is 10.1. The highest BCUT2D eigenvalue weighted by Crippen LogP contribution is 2.43. The zero-order valence-electron chi connectivity index (χ0n) is 27.2. The molecule has 0 bridgehead atoms. The molecule has 1 aliphatic heterocycles. The molecule has 4 heteroatoms. The van der Waals surface area contributed by atoms with Gasteiger partial charge in [0.05, 0.1) is 5.35 Å². The summed E-state index contributed by atoms with van der Waals surface area (Å²) < 4.78 is 0. The summed E-state index contributed by atoms with van der Waals surface area (Å²) in [4.78, 5) is 15.1. The highest BCUT2D eigenvalue weighted by Gasteiger charge is 2.30. The Morgan fingerprint density at radius 1 is 0.766 bits per heavy atom. The van der Waals surface area contributed by atoms with Crippen LogP contribution in [0.25, 0.3) is 12.2 Å². The van der Waals surface area contributed by atoms with Gasteiger partial charge in [0.25, 0.3) is 0 Å². The topological polar surface area (TPSA) is 49.6 Å². The summed E-state index contributed by atoms with van der Waals surface area (Å²) in [7, 11) is 0. The van der Waals surface area contributed by atoms with Gasteiger partial charge in [0.1, 0.15) is 17.8 Å². The molecule has 0 radical (unpaired) electrons. The molecule has 2 aliphatic carbocycles. The highest BCUT2D eigenvalue weighted by atomic mass is 15.2. The molecule has 6 unspecified atom stereocenters. The summed E-state index contributed by atoms with van der Waals surface area (Å²) in [5.74, 6) is 3.93. The molecule has 0 saturated carbocycles. The molecule has 2 heterocycles. The second-order valence-electron chi connectivity index (χ2n) is 13.2. The van der Waals surface area contributed by atoms with E-state index in [0.29, 0.717) is 23.7 Å². The number of fused-ring (bicyclic) bond motifs is 1. The second-order valence-corrected chi connectivity index (χ2v) is 13.2. The van der Waals surface area contributed by atoms with Crippen LogP contribution < -0.4 is 15.9 Å². The van der Waals surface area contributed by atoms with Crippen molar-refractivity contribution in [2.75, 3.05) is 0 Å². The molecule has 4 nitrogen and oxygen atoms in total. The minimum absolute atomic E-state index is 0.156. The van der Waals surface area contributed by atoms with Crippen molar-refractivity contribution < 1.29 is 0 Å². The summed E-state index contributed by atoms with van der Waals surface area (Å²) in [5.41, 5.74) is 3.92. The summed E-state index contributed by atoms with van der Waals surface area (Å²) in [6.45, 7) is 2.44. The lowest BCUT2D eigenvalue weighted by molar-refractivity contribution is 0.332. The summed E-state index contributed by atoms with van der Waals surface area (Å²) in [5, 5.41) is 5.87. The van der Waals surface area contributed by atoms with Gasteiger partial charge >= 0.3 is 0 Å². The van der Waals surface area contributed by atoms with Gasteiger partial charge in [0.2, 0.25) is 0 Å². The number of benzene rings is 3. The quantitative estimate of drug-likeness (QED) is 0.186. The maximum atomic E-state index is 5.32. The van der Waals surface area contributed by atoms with Crippen LogP contribution in [0.3, 0.4) is 0 Å². The fourth-order valence-corrected chi connectivity index (χ4v) is 7.50. The van der Waals surface area contributed by atoms with Crippen molar-refractivity contribution in [2.24, 2.45) is 27.7 Å². The van der Waals surface area contributed by atoms with Crippen LogP contribution in [0.5, 0.6) is 0 Å². The van der Waals surface area contributed by atoms with Gasteiger partial charge in [-0.05, 0) is 78.2 Å². The third kappa shape index (κ3) is 7.44. The van der Waals surface area contributed by atoms with Crippen molar-refractivity contribution in [3.8, 4) is 0 Å². The molecule has 1 aromatic heterocycles. The van der Waals surface area contributed by atoms with Crippen molar-refractivity contribution in [3.05, 3.63) is 161 Å². The molecule has 3 aromatic carbocycles. The van der Waals surface area contributed by atoms with E-state index in [2.05, 4.69) is 151 Å². The fourth-order valence-electron chi connectivity index (χ4n) is 7.50. The van der Waals surface area contributed by atoms with E-state index >= 15 is 0 Å². The minimum atomic E-state index is -0.156. The van der Waals surface area contributed by atoms with Crippen LogP contribution in [0, 0.1) is 17.8 Å². The van der Waals surface area contributed by atoms with Crippen molar-refractivity contribution >= 4 is 23.8 Å². The molecule has 1 N–H and O–H groups in total. The molecule has 4 aromatic rings. The molecule has 236 valence electrons. The van der Waals surface area contributed by atoms with Gasteiger partial charge in [-0.1, -0.05) is 140 Å². The molecule has 7 rings (SSSR count). The number of amidine groups is 2. The molecule has 47 heavy (non-hydrogen) atoms. The van der Waals surface area contributed by atoms with Crippen LogP contribution >= 0.6 is 0 Å². The van der Waals surface area contributed by atoms with Gasteiger partial charge in [0.15, 0.2) is 0 Å². The lowest BCUT2D eigenvalue weighted by Crippen LogP contribution is -2.43. The Kier molecular flexibility index (Phi) is 9.65. The Balaban J connectivity index is 1.21. The zero-order chi connectivity index (χ0) is 31.8. The largest absolute Gasteiger partial charge is 0.328 e. The predicted molar refractivity (Wildman–Crippen MR) is 196 cm³/mol. The maximum absolute atomic E-state index is 5.32. The number of aromatic nitrogens is 1. The van der Waals surface area contributed by atoms with Gasteiger partial charge in [0, 0.05) is 17.7 Å². The molecule has 0 fully saturated rings. The molecule has 0 saturated heterocycles. The van der Waals surface area contributed by atoms with E-state index in [1.165, 1.54) is 16.3 Å². The summed E-state index contributed by atoms with van der Waals surface area (Å²) in [6, 6.07) is 37.0. The van der Waals surface area contributed by atoms with E-state index in [9.17, 15) is 0 Å². The van der Waals surface area contributed by atoms with E-state index in [4.69, 9.17) is 9.98 Å². The van der Waals surface area contributed by atoms with Crippen LogP contribution in [0.2, 0.25) is 0 Å². The Labute approximate surface area is 279 Å². The first-order chi connectivity index (χ1) is 23.2. The van der Waals surface area contributed by atoms with Gasteiger partial charge in [-0.2, -0.15) is 0 Å².